The van der Waals surface area contributed by atoms with Crippen molar-refractivity contribution in [1.29, 1.82) is 0 Å². The van der Waals surface area contributed by atoms with Gasteiger partial charge in [0.05, 0.1) is 0 Å². The van der Waals surface area contributed by atoms with Crippen LogP contribution < -0.4 is 0 Å². The van der Waals surface area contributed by atoms with Crippen LogP contribution in [0, 0.1) is 30.3 Å². The van der Waals surface area contributed by atoms with Gasteiger partial charge in [-0.05, 0) is 0 Å². The average Bonchev–Trinajstić information content (AvgIpc) is 1.54. The summed E-state index contributed by atoms with van der Waals surface area (Å²) in [6, 6.07) is 0. The van der Waals surface area contributed by atoms with Crippen LogP contribution in [0.15, 0.2) is 0 Å². The maximum atomic E-state index is 8.36. The Morgan fingerprint density at radius 3 is 0.500 bits per heavy atom. The molecule has 0 radical (unpaired) electrons. The first-order valence-corrected chi connectivity index (χ1v) is 1.70. The Balaban J connectivity index is -0.00000000562. The van der Waals surface area contributed by atoms with E-state index >= 15 is 0 Å². The zero-order valence-electron chi connectivity index (χ0n) is 8.71. The van der Waals surface area contributed by atoms with E-state index in [1.807, 2.05) is 0 Å². The standard InChI is InChI=1S/3HNO3.5N.3Ta/c3*2-1(3)4;;;;;;;;/h3*(H,2,3,4);;;;;;;;/q;;;5*-3;3*+5. The minimum absolute atomic E-state index is 0. The number of hydrogen-bond donors (Lipinski definition) is 3. The van der Waals surface area contributed by atoms with E-state index in [-0.39, 0.29) is 97.9 Å². The normalized spacial score (nSPS) is 3.60. The summed E-state index contributed by atoms with van der Waals surface area (Å²) >= 11 is 0. The summed E-state index contributed by atoms with van der Waals surface area (Å²) in [6.07, 6.45) is 0. The van der Waals surface area contributed by atoms with Crippen LogP contribution in [-0.2, 0) is 67.1 Å². The maximum absolute atomic E-state index is 8.36. The Morgan fingerprint density at radius 1 is 0.500 bits per heavy atom. The molecule has 3 N–H and O–H groups in total. The monoisotopic (exact) mass is 802 g/mol. The first kappa shape index (κ1) is 91.5. The van der Waals surface area contributed by atoms with Gasteiger partial charge in [0.25, 0.3) is 15.3 Å². The molecule has 0 fully saturated rings. The molecule has 0 spiro atoms. The molecular weight excluding hydrogens is 799 g/mol. The third-order valence-electron chi connectivity index (χ3n) is 0. The fourth-order valence-electron chi connectivity index (χ4n) is 0. The van der Waals surface area contributed by atoms with Crippen molar-refractivity contribution in [3.8, 4) is 0 Å². The van der Waals surface area contributed by atoms with Crippen LogP contribution in [0.4, 0.5) is 0 Å². The second-order valence-electron chi connectivity index (χ2n) is 0.714. The molecular formula is H3N8O9Ta3. The van der Waals surface area contributed by atoms with Crippen LogP contribution in [0.2, 0.25) is 0 Å². The molecule has 20 heteroatoms. The third kappa shape index (κ3) is 33800. The van der Waals surface area contributed by atoms with Crippen molar-refractivity contribution in [3.05, 3.63) is 61.1 Å². The molecule has 0 rings (SSSR count). The summed E-state index contributed by atoms with van der Waals surface area (Å²) in [6.45, 7) is 0. The fourth-order valence-corrected chi connectivity index (χ4v) is 0. The van der Waals surface area contributed by atoms with E-state index < -0.39 is 15.3 Å². The average molecular weight is 802 g/mol. The SMILES string of the molecule is O=[N+]([O-])O.O=[N+]([O-])O.O=[N+]([O-])O.[N-3].[N-3].[N-3].[N-3].[N-3].[Ta+5].[Ta+5].[Ta+5]. The number of hydrogen-bond acceptors (Lipinski definition) is 6. The second-order valence-corrected chi connectivity index (χ2v) is 0.714. The van der Waals surface area contributed by atoms with Crippen molar-refractivity contribution in [3.63, 3.8) is 0 Å². The summed E-state index contributed by atoms with van der Waals surface area (Å²) in [4.78, 5) is 25.1. The quantitative estimate of drug-likeness (QED) is 0.225. The zero-order valence-corrected chi connectivity index (χ0v) is 18.4. The Kier molecular flexibility index (Phi) is 356. The van der Waals surface area contributed by atoms with Gasteiger partial charge in [0.2, 0.25) is 0 Å². The molecule has 0 atom stereocenters. The summed E-state index contributed by atoms with van der Waals surface area (Å²) in [5, 5.41) is 40.9. The number of nitrogens with zero attached hydrogens (tertiary/aromatic N) is 8. The molecule has 0 aromatic heterocycles. The van der Waals surface area contributed by atoms with Gasteiger partial charge < -0.3 is 46.4 Å². The molecule has 112 valence electrons. The van der Waals surface area contributed by atoms with Crippen LogP contribution >= 0.6 is 0 Å². The van der Waals surface area contributed by atoms with Crippen molar-refractivity contribution in [2.45, 2.75) is 0 Å². The Morgan fingerprint density at radius 2 is 0.500 bits per heavy atom. The van der Waals surface area contributed by atoms with Crippen LogP contribution in [0.3, 0.4) is 0 Å². The predicted molar refractivity (Wildman–Crippen MR) is 43.1 cm³/mol. The van der Waals surface area contributed by atoms with Gasteiger partial charge >= 0.3 is 67.1 Å². The van der Waals surface area contributed by atoms with E-state index in [0.29, 0.717) is 0 Å². The molecule has 0 aromatic carbocycles. The largest absolute Gasteiger partial charge is 5.00 e. The maximum Gasteiger partial charge on any atom is 5.00 e. The van der Waals surface area contributed by atoms with Gasteiger partial charge in [-0.15, -0.1) is 30.3 Å². The molecule has 0 amide bonds. The van der Waals surface area contributed by atoms with E-state index in [1.54, 1.807) is 0 Å². The van der Waals surface area contributed by atoms with Crippen LogP contribution in [0.5, 0.6) is 0 Å². The molecule has 0 aromatic rings. The van der Waals surface area contributed by atoms with E-state index in [9.17, 15) is 0 Å². The Labute approximate surface area is 158 Å². The minimum Gasteiger partial charge on any atom is -3.00 e. The molecule has 0 unspecified atom stereocenters. The summed E-state index contributed by atoms with van der Waals surface area (Å²) < 4.78 is 0. The molecule has 0 aliphatic rings. The van der Waals surface area contributed by atoms with Gasteiger partial charge in [-0.2, -0.15) is 0 Å². The van der Waals surface area contributed by atoms with E-state index in [4.69, 9.17) is 46.0 Å². The van der Waals surface area contributed by atoms with Crippen molar-refractivity contribution < 1.29 is 98.0 Å². The van der Waals surface area contributed by atoms with E-state index in [0.717, 1.165) is 0 Å². The molecule has 0 heterocycles. The molecule has 0 aliphatic heterocycles. The molecule has 20 heavy (non-hydrogen) atoms. The van der Waals surface area contributed by atoms with Crippen LogP contribution in [0.1, 0.15) is 0 Å². The number of rotatable bonds is 0. The van der Waals surface area contributed by atoms with Crippen molar-refractivity contribution >= 4 is 0 Å². The molecule has 0 bridgehead atoms. The first-order valence-electron chi connectivity index (χ1n) is 1.70. The van der Waals surface area contributed by atoms with Crippen molar-refractivity contribution in [2.75, 3.05) is 0 Å². The zero-order chi connectivity index (χ0) is 10.7. The summed E-state index contributed by atoms with van der Waals surface area (Å²) in [5.74, 6) is 0. The van der Waals surface area contributed by atoms with Gasteiger partial charge in [-0.1, -0.05) is 0 Å². The molecule has 0 saturated heterocycles. The second kappa shape index (κ2) is 77.8. The molecule has 0 saturated carbocycles. The van der Waals surface area contributed by atoms with E-state index in [1.165, 1.54) is 0 Å². The Hall–Kier alpha value is -0.379. The summed E-state index contributed by atoms with van der Waals surface area (Å²) in [7, 11) is 0. The van der Waals surface area contributed by atoms with Crippen LogP contribution in [-0.4, -0.2) is 30.9 Å². The minimum atomic E-state index is -1.50. The van der Waals surface area contributed by atoms with Gasteiger partial charge in [0.1, 0.15) is 0 Å². The molecule has 17 nitrogen and oxygen atoms in total. The van der Waals surface area contributed by atoms with Gasteiger partial charge in [-0.25, -0.2) is 0 Å². The third-order valence-corrected chi connectivity index (χ3v) is 0. The topological polar surface area (TPSA) is 343 Å². The van der Waals surface area contributed by atoms with E-state index in [2.05, 4.69) is 0 Å². The van der Waals surface area contributed by atoms with Crippen molar-refractivity contribution in [2.24, 2.45) is 0 Å². The fraction of sp³-hybridized carbons (Fsp3) is 0. The summed E-state index contributed by atoms with van der Waals surface area (Å²) in [5.41, 5.74) is 0. The van der Waals surface area contributed by atoms with Crippen molar-refractivity contribution in [1.82, 2.24) is 0 Å². The van der Waals surface area contributed by atoms with Gasteiger partial charge in [-0.3, -0.25) is 0 Å². The van der Waals surface area contributed by atoms with Gasteiger partial charge in [0.15, 0.2) is 0 Å². The first-order chi connectivity index (χ1) is 5.20. The van der Waals surface area contributed by atoms with Crippen LogP contribution in [0.25, 0.3) is 30.8 Å². The predicted octanol–water partition coefficient (Wildman–Crippen LogP) is 0.393. The van der Waals surface area contributed by atoms with Gasteiger partial charge in [0, 0.05) is 0 Å². The Bertz CT molecular complexity index is 127. The smallest absolute Gasteiger partial charge is 3.00 e. The molecule has 0 aliphatic carbocycles.